The Bertz CT molecular complexity index is 1220. The van der Waals surface area contributed by atoms with Crippen molar-refractivity contribution in [2.75, 3.05) is 6.61 Å². The van der Waals surface area contributed by atoms with E-state index >= 15 is 0 Å². The number of carbonyl (C=O) groups is 2. The monoisotopic (exact) mass is 613 g/mol. The predicted molar refractivity (Wildman–Crippen MR) is 143 cm³/mol. The van der Waals surface area contributed by atoms with Gasteiger partial charge in [0.05, 0.1) is 21.7 Å². The summed E-state index contributed by atoms with van der Waals surface area (Å²) in [7, 11) is 0. The van der Waals surface area contributed by atoms with Crippen LogP contribution in [0.25, 0.3) is 10.4 Å². The van der Waals surface area contributed by atoms with Crippen LogP contribution < -0.4 is 0 Å². The number of halogens is 1. The van der Waals surface area contributed by atoms with Crippen LogP contribution in [0.4, 0.5) is 0 Å². The summed E-state index contributed by atoms with van der Waals surface area (Å²) >= 11 is 2.10. The number of benzene rings is 3. The zero-order valence-electron chi connectivity index (χ0n) is 19.6. The molecule has 1 aliphatic heterocycles. The maximum atomic E-state index is 13.0. The molecule has 37 heavy (non-hydrogen) atoms. The first-order chi connectivity index (χ1) is 18.1. The van der Waals surface area contributed by atoms with Gasteiger partial charge in [0.25, 0.3) is 0 Å². The largest absolute Gasteiger partial charge is 0.458 e. The van der Waals surface area contributed by atoms with Gasteiger partial charge in [-0.25, -0.2) is 9.59 Å². The van der Waals surface area contributed by atoms with Gasteiger partial charge in [-0.2, -0.15) is 0 Å². The molecule has 5 atom stereocenters. The SMILES string of the molecule is [N-]=[N+]=N[C@@H]1O[C@H]([C@@H](COC(=O)c2ccccc2)OC(=O)c2ccccc2)[C@H](OCc2ccccc2)[C@@H]1I. The van der Waals surface area contributed by atoms with Crippen molar-refractivity contribution in [1.29, 1.82) is 0 Å². The van der Waals surface area contributed by atoms with Crippen LogP contribution in [0.5, 0.6) is 0 Å². The Balaban J connectivity index is 1.57. The zero-order valence-corrected chi connectivity index (χ0v) is 21.8. The van der Waals surface area contributed by atoms with Gasteiger partial charge >= 0.3 is 11.9 Å². The van der Waals surface area contributed by atoms with Gasteiger partial charge < -0.3 is 18.9 Å². The van der Waals surface area contributed by atoms with Crippen LogP contribution >= 0.6 is 22.6 Å². The van der Waals surface area contributed by atoms with E-state index in [-0.39, 0.29) is 17.1 Å². The summed E-state index contributed by atoms with van der Waals surface area (Å²) in [4.78, 5) is 28.5. The molecule has 0 amide bonds. The van der Waals surface area contributed by atoms with Crippen molar-refractivity contribution < 1.29 is 28.5 Å². The Kier molecular flexibility index (Phi) is 9.50. The fraction of sp³-hybridized carbons (Fsp3) is 0.259. The van der Waals surface area contributed by atoms with Gasteiger partial charge in [0.2, 0.25) is 0 Å². The minimum absolute atomic E-state index is 0.261. The molecule has 0 saturated carbocycles. The average Bonchev–Trinajstić information content (AvgIpc) is 3.25. The van der Waals surface area contributed by atoms with Gasteiger partial charge in [-0.3, -0.25) is 0 Å². The second-order valence-electron chi connectivity index (χ2n) is 8.18. The summed E-state index contributed by atoms with van der Waals surface area (Å²) in [6, 6.07) is 26.5. The lowest BCUT2D eigenvalue weighted by molar-refractivity contribution is -0.106. The van der Waals surface area contributed by atoms with Crippen molar-refractivity contribution in [2.24, 2.45) is 5.11 Å². The smallest absolute Gasteiger partial charge is 0.338 e. The van der Waals surface area contributed by atoms with Gasteiger partial charge in [-0.1, -0.05) is 94.4 Å². The summed E-state index contributed by atoms with van der Waals surface area (Å²) in [5.41, 5.74) is 10.7. The molecule has 1 fully saturated rings. The van der Waals surface area contributed by atoms with Crippen molar-refractivity contribution in [3.63, 3.8) is 0 Å². The van der Waals surface area contributed by atoms with E-state index in [2.05, 4.69) is 32.6 Å². The number of alkyl halides is 1. The molecule has 1 saturated heterocycles. The Hall–Kier alpha value is -3.44. The fourth-order valence-corrected chi connectivity index (χ4v) is 4.77. The molecule has 190 valence electrons. The second kappa shape index (κ2) is 13.2. The topological polar surface area (TPSA) is 120 Å². The minimum Gasteiger partial charge on any atom is -0.458 e. The van der Waals surface area contributed by atoms with Crippen molar-refractivity contribution in [3.05, 3.63) is 118 Å². The number of hydrogen-bond donors (Lipinski definition) is 0. The molecule has 0 aliphatic carbocycles. The highest BCUT2D eigenvalue weighted by molar-refractivity contribution is 14.1. The van der Waals surface area contributed by atoms with Crippen LogP contribution in [-0.4, -0.2) is 47.0 Å². The van der Waals surface area contributed by atoms with Crippen LogP contribution in [0.15, 0.2) is 96.1 Å². The van der Waals surface area contributed by atoms with Gasteiger partial charge in [0, 0.05) is 4.91 Å². The first-order valence-electron chi connectivity index (χ1n) is 11.5. The van der Waals surface area contributed by atoms with Crippen LogP contribution in [0.1, 0.15) is 26.3 Å². The van der Waals surface area contributed by atoms with E-state index < -0.39 is 36.5 Å². The van der Waals surface area contributed by atoms with E-state index in [1.807, 2.05) is 30.3 Å². The van der Waals surface area contributed by atoms with Gasteiger partial charge in [-0.05, 0) is 35.4 Å². The molecule has 0 unspecified atom stereocenters. The third-order valence-corrected chi connectivity index (χ3v) is 7.00. The Morgan fingerprint density at radius 2 is 1.49 bits per heavy atom. The molecule has 10 heteroatoms. The first kappa shape index (κ1) is 26.6. The van der Waals surface area contributed by atoms with Crippen LogP contribution in [0.3, 0.4) is 0 Å². The quantitative estimate of drug-likeness (QED) is 0.0745. The van der Waals surface area contributed by atoms with Crippen LogP contribution in [0, 0.1) is 0 Å². The van der Waals surface area contributed by atoms with Crippen LogP contribution in [-0.2, 0) is 25.6 Å². The summed E-state index contributed by atoms with van der Waals surface area (Å²) in [5.74, 6) is -1.18. The average molecular weight is 613 g/mol. The molecule has 3 aromatic rings. The number of esters is 2. The van der Waals surface area contributed by atoms with Crippen LogP contribution in [0.2, 0.25) is 0 Å². The summed E-state index contributed by atoms with van der Waals surface area (Å²) in [6.07, 6.45) is -3.38. The van der Waals surface area contributed by atoms with E-state index in [1.54, 1.807) is 60.7 Å². The first-order valence-corrected chi connectivity index (χ1v) is 12.8. The normalized spacial score (nSPS) is 21.4. The maximum absolute atomic E-state index is 13.0. The predicted octanol–water partition coefficient (Wildman–Crippen LogP) is 5.49. The molecular weight excluding hydrogens is 589 g/mol. The van der Waals surface area contributed by atoms with Gasteiger partial charge in [0.15, 0.2) is 12.3 Å². The molecule has 0 bridgehead atoms. The lowest BCUT2D eigenvalue weighted by Gasteiger charge is -2.28. The number of rotatable bonds is 10. The van der Waals surface area contributed by atoms with E-state index in [1.165, 1.54) is 0 Å². The summed E-state index contributed by atoms with van der Waals surface area (Å²) in [5, 5.41) is 3.75. The molecule has 1 aliphatic rings. The third kappa shape index (κ3) is 7.07. The number of azide groups is 1. The minimum atomic E-state index is -1.03. The third-order valence-electron chi connectivity index (χ3n) is 5.68. The summed E-state index contributed by atoms with van der Waals surface area (Å²) in [6.45, 7) is -0.0223. The second-order valence-corrected chi connectivity index (χ2v) is 9.61. The molecule has 0 aromatic heterocycles. The highest BCUT2D eigenvalue weighted by atomic mass is 127. The molecule has 3 aromatic carbocycles. The van der Waals surface area contributed by atoms with Gasteiger partial charge in [0.1, 0.15) is 18.8 Å². The maximum Gasteiger partial charge on any atom is 0.338 e. The fourth-order valence-electron chi connectivity index (χ4n) is 3.84. The number of carbonyl (C=O) groups excluding carboxylic acids is 2. The molecular formula is C27H24IN3O6. The van der Waals surface area contributed by atoms with Crippen molar-refractivity contribution in [3.8, 4) is 0 Å². The molecule has 1 heterocycles. The standard InChI is InChI=1S/C27H24IN3O6/c28-22-24(34-16-18-10-4-1-5-11-18)23(37-25(22)30-31-29)21(36-27(33)20-14-8-3-9-15-20)17-35-26(32)19-12-6-2-7-13-19/h1-15,21-25H,16-17H2/t21-,22+,23-,24-,25-/m1/s1. The van der Waals surface area contributed by atoms with E-state index in [9.17, 15) is 9.59 Å². The lowest BCUT2D eigenvalue weighted by atomic mass is 10.1. The van der Waals surface area contributed by atoms with E-state index in [0.717, 1.165) is 5.56 Å². The van der Waals surface area contributed by atoms with Crippen molar-refractivity contribution >= 4 is 34.5 Å². The highest BCUT2D eigenvalue weighted by Crippen LogP contribution is 2.34. The van der Waals surface area contributed by atoms with E-state index in [0.29, 0.717) is 11.1 Å². The Morgan fingerprint density at radius 1 is 0.919 bits per heavy atom. The molecule has 0 N–H and O–H groups in total. The number of ether oxygens (including phenoxy) is 4. The Labute approximate surface area is 227 Å². The highest BCUT2D eigenvalue weighted by Gasteiger charge is 2.49. The Morgan fingerprint density at radius 3 is 2.08 bits per heavy atom. The number of nitrogens with zero attached hydrogens (tertiary/aromatic N) is 3. The van der Waals surface area contributed by atoms with Gasteiger partial charge in [-0.15, -0.1) is 0 Å². The molecule has 4 rings (SSSR count). The molecule has 0 spiro atoms. The molecule has 9 nitrogen and oxygen atoms in total. The zero-order chi connectivity index (χ0) is 26.0. The number of hydrogen-bond acceptors (Lipinski definition) is 7. The lowest BCUT2D eigenvalue weighted by Crippen LogP contribution is -2.44. The summed E-state index contributed by atoms with van der Waals surface area (Å²) < 4.78 is 23.2. The van der Waals surface area contributed by atoms with Crippen molar-refractivity contribution in [2.45, 2.75) is 35.1 Å². The van der Waals surface area contributed by atoms with E-state index in [4.69, 9.17) is 24.5 Å². The molecule has 0 radical (unpaired) electrons. The van der Waals surface area contributed by atoms with Crippen molar-refractivity contribution in [1.82, 2.24) is 0 Å².